The van der Waals surface area contributed by atoms with Crippen molar-refractivity contribution < 1.29 is 13.2 Å². The summed E-state index contributed by atoms with van der Waals surface area (Å²) in [6.45, 7) is 0. The van der Waals surface area contributed by atoms with Crippen LogP contribution >= 0.6 is 11.6 Å². The highest BCUT2D eigenvalue weighted by Crippen LogP contribution is 2.23. The number of halogens is 4. The molecule has 0 aromatic heterocycles. The Kier molecular flexibility index (Phi) is 4.68. The number of hydrogen-bond acceptors (Lipinski definition) is 1. The third kappa shape index (κ3) is 3.32. The van der Waals surface area contributed by atoms with E-state index < -0.39 is 17.5 Å². The van der Waals surface area contributed by atoms with E-state index in [0.717, 1.165) is 12.1 Å². The summed E-state index contributed by atoms with van der Waals surface area (Å²) < 4.78 is 39.9. The maximum atomic E-state index is 13.8. The van der Waals surface area contributed by atoms with Gasteiger partial charge in [-0.3, -0.25) is 0 Å². The minimum absolute atomic E-state index is 0.310. The molecule has 1 nitrogen and oxygen atoms in total. The first-order valence-corrected chi connectivity index (χ1v) is 6.45. The van der Waals surface area contributed by atoms with E-state index in [1.807, 2.05) is 0 Å². The lowest BCUT2D eigenvalue weighted by atomic mass is 9.98. The van der Waals surface area contributed by atoms with Gasteiger partial charge in [-0.2, -0.15) is 0 Å². The Morgan fingerprint density at radius 1 is 1.00 bits per heavy atom. The molecule has 1 atom stereocenters. The smallest absolute Gasteiger partial charge is 0.159 e. The number of rotatable bonds is 4. The Morgan fingerprint density at radius 2 is 1.75 bits per heavy atom. The summed E-state index contributed by atoms with van der Waals surface area (Å²) in [5.41, 5.74) is 1.01. The topological polar surface area (TPSA) is 12.0 Å². The van der Waals surface area contributed by atoms with E-state index in [-0.39, 0.29) is 6.04 Å². The third-order valence-electron chi connectivity index (χ3n) is 3.13. The van der Waals surface area contributed by atoms with E-state index in [1.54, 1.807) is 19.2 Å². The second-order valence-electron chi connectivity index (χ2n) is 4.45. The molecule has 0 fully saturated rings. The normalized spacial score (nSPS) is 12.4. The molecule has 1 unspecified atom stereocenters. The average Bonchev–Trinajstić information content (AvgIpc) is 2.41. The van der Waals surface area contributed by atoms with Crippen LogP contribution in [0.4, 0.5) is 13.2 Å². The zero-order valence-corrected chi connectivity index (χ0v) is 11.5. The number of hydrogen-bond donors (Lipinski definition) is 1. The van der Waals surface area contributed by atoms with Crippen LogP contribution in [0.25, 0.3) is 0 Å². The standard InChI is InChI=1S/C15H13ClF3N/c1-20-15(10-3-5-12(17)14(19)6-10)7-9-2-4-11(16)8-13(9)18/h2-6,8,15,20H,7H2,1H3. The zero-order valence-electron chi connectivity index (χ0n) is 10.8. The van der Waals surface area contributed by atoms with Crippen LogP contribution in [-0.4, -0.2) is 7.05 Å². The summed E-state index contributed by atoms with van der Waals surface area (Å²) in [7, 11) is 1.68. The predicted molar refractivity (Wildman–Crippen MR) is 73.3 cm³/mol. The molecule has 0 aliphatic rings. The van der Waals surface area contributed by atoms with Gasteiger partial charge in [0.25, 0.3) is 0 Å². The van der Waals surface area contributed by atoms with Crippen LogP contribution in [0.3, 0.4) is 0 Å². The number of likely N-dealkylation sites (N-methyl/N-ethyl adjacent to an activating group) is 1. The Bertz CT molecular complexity index is 616. The molecular formula is C15H13ClF3N. The van der Waals surface area contributed by atoms with Gasteiger partial charge in [-0.05, 0) is 48.9 Å². The highest BCUT2D eigenvalue weighted by atomic mass is 35.5. The lowest BCUT2D eigenvalue weighted by Crippen LogP contribution is -2.19. The summed E-state index contributed by atoms with van der Waals surface area (Å²) in [6, 6.07) is 7.75. The molecule has 0 radical (unpaired) electrons. The van der Waals surface area contributed by atoms with Gasteiger partial charge < -0.3 is 5.32 Å². The summed E-state index contributed by atoms with van der Waals surface area (Å²) >= 11 is 5.70. The van der Waals surface area contributed by atoms with Gasteiger partial charge >= 0.3 is 0 Å². The Hall–Kier alpha value is -1.52. The van der Waals surface area contributed by atoms with Crippen molar-refractivity contribution in [3.8, 4) is 0 Å². The summed E-state index contributed by atoms with van der Waals surface area (Å²) in [6.07, 6.45) is 0.310. The summed E-state index contributed by atoms with van der Waals surface area (Å²) in [5, 5.41) is 3.29. The van der Waals surface area contributed by atoms with Crippen molar-refractivity contribution in [2.45, 2.75) is 12.5 Å². The largest absolute Gasteiger partial charge is 0.313 e. The first-order valence-electron chi connectivity index (χ1n) is 6.07. The van der Waals surface area contributed by atoms with Crippen molar-refractivity contribution in [3.63, 3.8) is 0 Å². The molecule has 0 saturated carbocycles. The fourth-order valence-electron chi connectivity index (χ4n) is 2.02. The summed E-state index contributed by atoms with van der Waals surface area (Å²) in [5.74, 6) is -2.24. The molecule has 5 heteroatoms. The molecule has 106 valence electrons. The molecule has 0 spiro atoms. The van der Waals surface area contributed by atoms with Crippen LogP contribution < -0.4 is 5.32 Å². The monoisotopic (exact) mass is 299 g/mol. The maximum Gasteiger partial charge on any atom is 0.159 e. The SMILES string of the molecule is CNC(Cc1ccc(Cl)cc1F)c1ccc(F)c(F)c1. The van der Waals surface area contributed by atoms with E-state index in [9.17, 15) is 13.2 Å². The van der Waals surface area contributed by atoms with Crippen molar-refractivity contribution in [2.24, 2.45) is 0 Å². The first-order chi connectivity index (χ1) is 9.51. The maximum absolute atomic E-state index is 13.8. The number of benzene rings is 2. The van der Waals surface area contributed by atoms with Crippen molar-refractivity contribution in [1.82, 2.24) is 5.32 Å². The molecule has 20 heavy (non-hydrogen) atoms. The first kappa shape index (κ1) is 14.9. The molecule has 2 rings (SSSR count). The van der Waals surface area contributed by atoms with Crippen LogP contribution in [0, 0.1) is 17.5 Å². The van der Waals surface area contributed by atoms with E-state index in [2.05, 4.69) is 5.32 Å². The fraction of sp³-hybridized carbons (Fsp3) is 0.200. The lowest BCUT2D eigenvalue weighted by Gasteiger charge is -2.17. The van der Waals surface area contributed by atoms with Crippen molar-refractivity contribution in [3.05, 3.63) is 70.0 Å². The molecule has 2 aromatic carbocycles. The minimum atomic E-state index is -0.917. The van der Waals surface area contributed by atoms with E-state index in [4.69, 9.17) is 11.6 Å². The molecule has 1 N–H and O–H groups in total. The van der Waals surface area contributed by atoms with Gasteiger partial charge in [0.15, 0.2) is 11.6 Å². The van der Waals surface area contributed by atoms with Gasteiger partial charge in [0.1, 0.15) is 5.82 Å². The van der Waals surface area contributed by atoms with Crippen molar-refractivity contribution in [2.75, 3.05) is 7.05 Å². The van der Waals surface area contributed by atoms with E-state index >= 15 is 0 Å². The second-order valence-corrected chi connectivity index (χ2v) is 4.89. The summed E-state index contributed by atoms with van der Waals surface area (Å²) in [4.78, 5) is 0. The molecule has 0 saturated heterocycles. The van der Waals surface area contributed by atoms with E-state index in [0.29, 0.717) is 22.6 Å². The Balaban J connectivity index is 2.26. The predicted octanol–water partition coefficient (Wildman–Crippen LogP) is 4.26. The second kappa shape index (κ2) is 6.29. The lowest BCUT2D eigenvalue weighted by molar-refractivity contribution is 0.499. The molecule has 0 bridgehead atoms. The van der Waals surface area contributed by atoms with Gasteiger partial charge in [0.2, 0.25) is 0 Å². The highest BCUT2D eigenvalue weighted by molar-refractivity contribution is 6.30. The van der Waals surface area contributed by atoms with Crippen LogP contribution in [0.2, 0.25) is 5.02 Å². The number of nitrogens with one attached hydrogen (secondary N) is 1. The van der Waals surface area contributed by atoms with Crippen LogP contribution in [0.5, 0.6) is 0 Å². The molecule has 0 amide bonds. The quantitative estimate of drug-likeness (QED) is 0.889. The third-order valence-corrected chi connectivity index (χ3v) is 3.37. The van der Waals surface area contributed by atoms with Gasteiger partial charge in [-0.25, -0.2) is 13.2 Å². The van der Waals surface area contributed by atoms with Crippen molar-refractivity contribution in [1.29, 1.82) is 0 Å². The molecule has 2 aromatic rings. The van der Waals surface area contributed by atoms with Gasteiger partial charge in [0.05, 0.1) is 0 Å². The van der Waals surface area contributed by atoms with Gasteiger partial charge in [-0.1, -0.05) is 23.7 Å². The fourth-order valence-corrected chi connectivity index (χ4v) is 2.18. The highest BCUT2D eigenvalue weighted by Gasteiger charge is 2.15. The zero-order chi connectivity index (χ0) is 14.7. The van der Waals surface area contributed by atoms with Crippen LogP contribution in [0.1, 0.15) is 17.2 Å². The Labute approximate surface area is 120 Å². The van der Waals surface area contributed by atoms with Crippen molar-refractivity contribution >= 4 is 11.6 Å². The molecule has 0 aliphatic carbocycles. The minimum Gasteiger partial charge on any atom is -0.313 e. The van der Waals surface area contributed by atoms with Gasteiger partial charge in [0, 0.05) is 11.1 Å². The molecule has 0 heterocycles. The van der Waals surface area contributed by atoms with E-state index in [1.165, 1.54) is 12.1 Å². The molecular weight excluding hydrogens is 287 g/mol. The molecule has 0 aliphatic heterocycles. The average molecular weight is 300 g/mol. The van der Waals surface area contributed by atoms with Crippen LogP contribution in [-0.2, 0) is 6.42 Å². The Morgan fingerprint density at radius 3 is 2.35 bits per heavy atom. The van der Waals surface area contributed by atoms with Gasteiger partial charge in [-0.15, -0.1) is 0 Å². The van der Waals surface area contributed by atoms with Crippen LogP contribution in [0.15, 0.2) is 36.4 Å².